The second-order valence-corrected chi connectivity index (χ2v) is 14.4. The maximum absolute atomic E-state index is 6.57. The molecule has 0 atom stereocenters. The summed E-state index contributed by atoms with van der Waals surface area (Å²) in [6.07, 6.45) is 0. The Morgan fingerprint density at radius 1 is 0.412 bits per heavy atom. The highest BCUT2D eigenvalue weighted by Gasteiger charge is 2.50. The molecule has 0 unspecified atom stereocenters. The molecule has 1 aliphatic heterocycles. The third-order valence-electron chi connectivity index (χ3n) is 10.6. The Kier molecular flexibility index (Phi) is 6.10. The Bertz CT molecular complexity index is 2740. The zero-order valence-electron chi connectivity index (χ0n) is 27.4. The summed E-state index contributed by atoms with van der Waals surface area (Å²) in [4.78, 5) is 12.8. The molecule has 0 radical (unpaired) electrons. The van der Waals surface area contributed by atoms with Crippen LogP contribution >= 0.6 is 11.8 Å². The van der Waals surface area contributed by atoms with E-state index < -0.39 is 5.41 Å². The molecule has 3 heterocycles. The van der Waals surface area contributed by atoms with Crippen molar-refractivity contribution >= 4 is 33.7 Å². The highest BCUT2D eigenvalue weighted by molar-refractivity contribution is 7.99. The van der Waals surface area contributed by atoms with Gasteiger partial charge >= 0.3 is 0 Å². The van der Waals surface area contributed by atoms with Crippen molar-refractivity contribution in [2.45, 2.75) is 15.2 Å². The van der Waals surface area contributed by atoms with Crippen molar-refractivity contribution in [2.24, 2.45) is 0 Å². The third-order valence-corrected chi connectivity index (χ3v) is 11.7. The average molecular weight is 669 g/mol. The lowest BCUT2D eigenvalue weighted by Gasteiger charge is -2.39. The van der Waals surface area contributed by atoms with E-state index in [9.17, 15) is 0 Å². The number of fused-ring (bicyclic) bond motifs is 12. The van der Waals surface area contributed by atoms with Crippen LogP contribution in [0.1, 0.15) is 22.3 Å². The van der Waals surface area contributed by atoms with E-state index in [1.54, 1.807) is 0 Å². The smallest absolute Gasteiger partial charge is 0.160 e. The molecule has 7 aromatic carbocycles. The van der Waals surface area contributed by atoms with Gasteiger partial charge in [0.1, 0.15) is 11.2 Å². The molecule has 0 bridgehead atoms. The van der Waals surface area contributed by atoms with Crippen LogP contribution in [0.25, 0.3) is 67.0 Å². The van der Waals surface area contributed by atoms with E-state index in [-0.39, 0.29) is 0 Å². The van der Waals surface area contributed by atoms with Crippen LogP contribution in [0.4, 0.5) is 0 Å². The van der Waals surface area contributed by atoms with Crippen molar-refractivity contribution in [3.05, 3.63) is 192 Å². The van der Waals surface area contributed by atoms with Gasteiger partial charge in [-0.3, -0.25) is 0 Å². The molecule has 2 aliphatic rings. The molecule has 11 rings (SSSR count). The first kappa shape index (κ1) is 28.6. The van der Waals surface area contributed by atoms with Crippen molar-refractivity contribution in [2.75, 3.05) is 0 Å². The van der Waals surface area contributed by atoms with Crippen LogP contribution in [0.2, 0.25) is 0 Å². The fourth-order valence-electron chi connectivity index (χ4n) is 8.34. The van der Waals surface area contributed by atoms with Gasteiger partial charge in [-0.25, -0.2) is 9.97 Å². The Labute approximate surface area is 299 Å². The molecular weight excluding hydrogens is 641 g/mol. The zero-order valence-corrected chi connectivity index (χ0v) is 28.2. The fourth-order valence-corrected chi connectivity index (χ4v) is 9.53. The highest BCUT2D eigenvalue weighted by Crippen LogP contribution is 2.63. The summed E-state index contributed by atoms with van der Waals surface area (Å²) < 4.78 is 6.57. The summed E-state index contributed by atoms with van der Waals surface area (Å²) in [7, 11) is 0. The lowest BCUT2D eigenvalue weighted by molar-refractivity contribution is 0.664. The van der Waals surface area contributed by atoms with Gasteiger partial charge in [-0.15, -0.1) is 0 Å². The van der Waals surface area contributed by atoms with Crippen LogP contribution in [0, 0.1) is 0 Å². The molecule has 1 aliphatic carbocycles. The van der Waals surface area contributed by atoms with Gasteiger partial charge in [0, 0.05) is 37.3 Å². The fraction of sp³-hybridized carbons (Fsp3) is 0.0213. The molecule has 0 N–H and O–H groups in total. The van der Waals surface area contributed by atoms with Crippen molar-refractivity contribution in [1.29, 1.82) is 0 Å². The maximum atomic E-state index is 6.57. The summed E-state index contributed by atoms with van der Waals surface area (Å²) in [6, 6.07) is 60.6. The van der Waals surface area contributed by atoms with Gasteiger partial charge in [-0.1, -0.05) is 139 Å². The summed E-state index contributed by atoms with van der Waals surface area (Å²) in [5, 5.41) is 2.27. The van der Waals surface area contributed by atoms with Crippen LogP contribution in [-0.2, 0) is 5.41 Å². The third kappa shape index (κ3) is 4.14. The monoisotopic (exact) mass is 668 g/mol. The second-order valence-electron chi connectivity index (χ2n) is 13.3. The van der Waals surface area contributed by atoms with E-state index in [2.05, 4.69) is 140 Å². The van der Waals surface area contributed by atoms with Gasteiger partial charge < -0.3 is 4.42 Å². The summed E-state index contributed by atoms with van der Waals surface area (Å²) >= 11 is 1.86. The summed E-state index contributed by atoms with van der Waals surface area (Å²) in [5.41, 5.74) is 13.7. The van der Waals surface area contributed by atoms with Gasteiger partial charge in [0.2, 0.25) is 0 Å². The zero-order chi connectivity index (χ0) is 33.5. The van der Waals surface area contributed by atoms with Crippen molar-refractivity contribution < 1.29 is 4.42 Å². The van der Waals surface area contributed by atoms with Crippen LogP contribution < -0.4 is 0 Å². The predicted octanol–water partition coefficient (Wildman–Crippen LogP) is 12.2. The molecule has 1 spiro atoms. The van der Waals surface area contributed by atoms with Crippen molar-refractivity contribution in [1.82, 2.24) is 9.97 Å². The van der Waals surface area contributed by atoms with E-state index in [0.29, 0.717) is 5.82 Å². The number of hydrogen-bond donors (Lipinski definition) is 0. The number of rotatable bonds is 3. The normalized spacial score (nSPS) is 13.6. The van der Waals surface area contributed by atoms with Gasteiger partial charge in [-0.05, 0) is 75.8 Å². The summed E-state index contributed by atoms with van der Waals surface area (Å²) in [5.74, 6) is 0.711. The molecule has 0 saturated carbocycles. The van der Waals surface area contributed by atoms with Gasteiger partial charge in [0.15, 0.2) is 5.82 Å². The maximum Gasteiger partial charge on any atom is 0.160 e. The quantitative estimate of drug-likeness (QED) is 0.188. The van der Waals surface area contributed by atoms with Crippen LogP contribution in [-0.4, -0.2) is 9.97 Å². The van der Waals surface area contributed by atoms with E-state index in [4.69, 9.17) is 14.4 Å². The topological polar surface area (TPSA) is 38.9 Å². The van der Waals surface area contributed by atoms with Crippen LogP contribution in [0.5, 0.6) is 0 Å². The Morgan fingerprint density at radius 3 is 1.76 bits per heavy atom. The summed E-state index contributed by atoms with van der Waals surface area (Å²) in [6.45, 7) is 0. The number of furan rings is 1. The van der Waals surface area contributed by atoms with Crippen LogP contribution in [0.15, 0.2) is 184 Å². The predicted molar refractivity (Wildman–Crippen MR) is 207 cm³/mol. The molecule has 4 heteroatoms. The number of hydrogen-bond acceptors (Lipinski definition) is 4. The van der Waals surface area contributed by atoms with Crippen molar-refractivity contribution in [3.8, 4) is 45.0 Å². The molecule has 9 aromatic rings. The van der Waals surface area contributed by atoms with E-state index in [0.717, 1.165) is 50.0 Å². The number of nitrogens with zero attached hydrogens (tertiary/aromatic N) is 2. The molecular formula is C47H28N2OS. The Balaban J connectivity index is 1.23. The molecule has 3 nitrogen and oxygen atoms in total. The molecule has 0 amide bonds. The van der Waals surface area contributed by atoms with Crippen molar-refractivity contribution in [3.63, 3.8) is 0 Å². The van der Waals surface area contributed by atoms with Gasteiger partial charge in [0.25, 0.3) is 0 Å². The number of para-hydroxylation sites is 1. The largest absolute Gasteiger partial charge is 0.456 e. The Morgan fingerprint density at radius 2 is 1.02 bits per heavy atom. The minimum absolute atomic E-state index is 0.552. The number of benzene rings is 7. The van der Waals surface area contributed by atoms with E-state index in [1.807, 2.05) is 42.1 Å². The Hall–Kier alpha value is -6.23. The standard InChI is InChI=1S/C47H28N2OS/c1-3-13-29(14-4-1)40-28-41(49-46(48-40)30-15-5-2-6-16-30)31-23-24-32-34-26-35-33-17-7-10-20-42(33)50-43(35)27-39(34)47(38(32)25-31)36-18-8-11-21-44(36)51-45-22-12-9-19-37(45)47/h1-28H. The minimum atomic E-state index is -0.552. The number of aromatic nitrogens is 2. The lowest BCUT2D eigenvalue weighted by Crippen LogP contribution is -2.32. The first-order valence-corrected chi connectivity index (χ1v) is 18.1. The molecule has 238 valence electrons. The first-order chi connectivity index (χ1) is 25.3. The van der Waals surface area contributed by atoms with Gasteiger partial charge in [0.05, 0.1) is 16.8 Å². The molecule has 51 heavy (non-hydrogen) atoms. The minimum Gasteiger partial charge on any atom is -0.456 e. The van der Waals surface area contributed by atoms with Gasteiger partial charge in [-0.2, -0.15) is 0 Å². The first-order valence-electron chi connectivity index (χ1n) is 17.2. The average Bonchev–Trinajstić information content (AvgIpc) is 3.70. The second kappa shape index (κ2) is 10.9. The highest BCUT2D eigenvalue weighted by atomic mass is 32.2. The molecule has 2 aromatic heterocycles. The van der Waals surface area contributed by atoms with E-state index in [1.165, 1.54) is 43.2 Å². The van der Waals surface area contributed by atoms with E-state index >= 15 is 0 Å². The molecule has 0 fully saturated rings. The SMILES string of the molecule is c1ccc(-c2cc(-c3ccc4c(c3)C3(c5ccccc5Sc5ccccc53)c3cc5oc6ccccc6c5cc3-4)nc(-c3ccccc3)n2)cc1. The molecule has 0 saturated heterocycles. The van der Waals surface area contributed by atoms with Crippen LogP contribution in [0.3, 0.4) is 0 Å². The lowest BCUT2D eigenvalue weighted by atomic mass is 9.67.